The number of piperidine rings is 1. The van der Waals surface area contributed by atoms with Gasteiger partial charge < -0.3 is 19.4 Å². The largest absolute Gasteiger partial charge is 0.497 e. The molecule has 0 aliphatic carbocycles. The molecule has 2 atom stereocenters. The normalized spacial score (nSPS) is 18.6. The first-order valence-corrected chi connectivity index (χ1v) is 10.3. The van der Waals surface area contributed by atoms with Gasteiger partial charge in [0.25, 0.3) is 0 Å². The Hall–Kier alpha value is -2.50. The molecule has 2 amide bonds. The van der Waals surface area contributed by atoms with E-state index in [2.05, 4.69) is 5.32 Å². The van der Waals surface area contributed by atoms with Gasteiger partial charge in [-0.15, -0.1) is 0 Å². The number of benzene rings is 1. The second kappa shape index (κ2) is 8.09. The third-order valence-corrected chi connectivity index (χ3v) is 5.65. The Bertz CT molecular complexity index is 909. The van der Waals surface area contributed by atoms with E-state index in [0.29, 0.717) is 6.54 Å². The molecule has 0 spiro atoms. The van der Waals surface area contributed by atoms with Crippen molar-refractivity contribution in [2.45, 2.75) is 53.5 Å². The lowest BCUT2D eigenvalue weighted by molar-refractivity contribution is -0.142. The number of furan rings is 1. The summed E-state index contributed by atoms with van der Waals surface area (Å²) in [5.74, 6) is 1.41. The van der Waals surface area contributed by atoms with Crippen LogP contribution >= 0.6 is 0 Å². The van der Waals surface area contributed by atoms with Crippen molar-refractivity contribution in [2.24, 2.45) is 11.3 Å². The van der Waals surface area contributed by atoms with Crippen LogP contribution < -0.4 is 10.1 Å². The SMILES string of the molecule is COc1ccc2oc(C(C)NC(=O)C3CCCN(C(=O)C(C)(C)C)C3)c(C)c2c1. The summed E-state index contributed by atoms with van der Waals surface area (Å²) < 4.78 is 11.3. The number of rotatable bonds is 4. The fraction of sp³-hybridized carbons (Fsp3) is 0.565. The minimum Gasteiger partial charge on any atom is -0.497 e. The number of fused-ring (bicyclic) bond motifs is 1. The predicted octanol–water partition coefficient (Wildman–Crippen LogP) is 4.21. The number of amides is 2. The zero-order valence-corrected chi connectivity index (χ0v) is 18.3. The Morgan fingerprint density at radius 3 is 2.69 bits per heavy atom. The average Bonchev–Trinajstić information content (AvgIpc) is 3.02. The number of hydrogen-bond donors (Lipinski definition) is 1. The molecule has 2 aromatic rings. The van der Waals surface area contributed by atoms with Gasteiger partial charge in [-0.2, -0.15) is 0 Å². The molecular formula is C23H32N2O4. The second-order valence-electron chi connectivity index (χ2n) is 9.02. The molecule has 2 heterocycles. The van der Waals surface area contributed by atoms with E-state index in [0.717, 1.165) is 47.4 Å². The zero-order chi connectivity index (χ0) is 21.3. The molecule has 1 saturated heterocycles. The summed E-state index contributed by atoms with van der Waals surface area (Å²) in [7, 11) is 1.64. The number of ether oxygens (including phenoxy) is 1. The maximum Gasteiger partial charge on any atom is 0.227 e. The summed E-state index contributed by atoms with van der Waals surface area (Å²) in [6.45, 7) is 10.9. The first-order chi connectivity index (χ1) is 13.6. The highest BCUT2D eigenvalue weighted by Crippen LogP contribution is 2.32. The Kier molecular flexibility index (Phi) is 5.92. The van der Waals surface area contributed by atoms with Crippen LogP contribution in [-0.4, -0.2) is 36.9 Å². The van der Waals surface area contributed by atoms with Crippen molar-refractivity contribution in [1.29, 1.82) is 0 Å². The van der Waals surface area contributed by atoms with Crippen molar-refractivity contribution in [3.63, 3.8) is 0 Å². The lowest BCUT2D eigenvalue weighted by atomic mass is 9.90. The molecule has 1 aromatic heterocycles. The Labute approximate surface area is 172 Å². The van der Waals surface area contributed by atoms with Crippen LogP contribution in [0.5, 0.6) is 5.75 Å². The van der Waals surface area contributed by atoms with Crippen molar-refractivity contribution < 1.29 is 18.7 Å². The Balaban J connectivity index is 1.71. The standard InChI is InChI=1S/C23H32N2O4/c1-14-18-12-17(28-6)9-10-19(18)29-20(14)15(2)24-21(26)16-8-7-11-25(13-16)22(27)23(3,4)5/h9-10,12,15-16H,7-8,11,13H2,1-6H3,(H,24,26). The summed E-state index contributed by atoms with van der Waals surface area (Å²) in [6.07, 6.45) is 1.64. The van der Waals surface area contributed by atoms with Gasteiger partial charge in [-0.05, 0) is 44.9 Å². The van der Waals surface area contributed by atoms with Crippen LogP contribution in [-0.2, 0) is 9.59 Å². The molecule has 0 radical (unpaired) electrons. The highest BCUT2D eigenvalue weighted by molar-refractivity contribution is 5.85. The number of aryl methyl sites for hydroxylation is 1. The summed E-state index contributed by atoms with van der Waals surface area (Å²) in [5.41, 5.74) is 1.34. The minimum atomic E-state index is -0.432. The van der Waals surface area contributed by atoms with Gasteiger partial charge in [0, 0.05) is 29.5 Å². The fourth-order valence-electron chi connectivity index (χ4n) is 4.01. The van der Waals surface area contributed by atoms with E-state index in [1.807, 2.05) is 57.7 Å². The lowest BCUT2D eigenvalue weighted by Gasteiger charge is -2.36. The molecule has 1 N–H and O–H groups in total. The van der Waals surface area contributed by atoms with E-state index in [1.54, 1.807) is 7.11 Å². The van der Waals surface area contributed by atoms with Gasteiger partial charge in [0.05, 0.1) is 19.1 Å². The Morgan fingerprint density at radius 1 is 1.31 bits per heavy atom. The number of carbonyl (C=O) groups excluding carboxylic acids is 2. The molecule has 1 fully saturated rings. The highest BCUT2D eigenvalue weighted by Gasteiger charge is 2.34. The van der Waals surface area contributed by atoms with Gasteiger partial charge >= 0.3 is 0 Å². The van der Waals surface area contributed by atoms with E-state index in [-0.39, 0.29) is 23.8 Å². The number of nitrogens with zero attached hydrogens (tertiary/aromatic N) is 1. The smallest absolute Gasteiger partial charge is 0.227 e. The molecule has 0 bridgehead atoms. The molecule has 0 saturated carbocycles. The number of methoxy groups -OCH3 is 1. The Morgan fingerprint density at radius 2 is 2.03 bits per heavy atom. The van der Waals surface area contributed by atoms with E-state index >= 15 is 0 Å². The van der Waals surface area contributed by atoms with Crippen molar-refractivity contribution in [1.82, 2.24) is 10.2 Å². The monoisotopic (exact) mass is 400 g/mol. The highest BCUT2D eigenvalue weighted by atomic mass is 16.5. The van der Waals surface area contributed by atoms with E-state index in [1.165, 1.54) is 0 Å². The van der Waals surface area contributed by atoms with Gasteiger partial charge in [-0.25, -0.2) is 0 Å². The molecule has 3 rings (SSSR count). The minimum absolute atomic E-state index is 0.0265. The number of nitrogens with one attached hydrogen (secondary N) is 1. The molecule has 1 aromatic carbocycles. The van der Waals surface area contributed by atoms with Crippen LogP contribution in [0.3, 0.4) is 0 Å². The summed E-state index contributed by atoms with van der Waals surface area (Å²) in [6, 6.07) is 5.44. The average molecular weight is 401 g/mol. The van der Waals surface area contributed by atoms with Crippen molar-refractivity contribution in [2.75, 3.05) is 20.2 Å². The third-order valence-electron chi connectivity index (χ3n) is 5.65. The lowest BCUT2D eigenvalue weighted by Crippen LogP contribution is -2.49. The summed E-state index contributed by atoms with van der Waals surface area (Å²) in [5, 5.41) is 4.08. The number of carbonyl (C=O) groups is 2. The number of likely N-dealkylation sites (tertiary alicyclic amines) is 1. The van der Waals surface area contributed by atoms with Crippen molar-refractivity contribution >= 4 is 22.8 Å². The summed E-state index contributed by atoms with van der Waals surface area (Å²) in [4.78, 5) is 27.3. The molecule has 29 heavy (non-hydrogen) atoms. The zero-order valence-electron chi connectivity index (χ0n) is 18.3. The maximum absolute atomic E-state index is 12.9. The van der Waals surface area contributed by atoms with Gasteiger partial charge in [0.1, 0.15) is 17.1 Å². The first kappa shape index (κ1) is 21.2. The maximum atomic E-state index is 12.9. The van der Waals surface area contributed by atoms with E-state index in [9.17, 15) is 9.59 Å². The van der Waals surface area contributed by atoms with Crippen LogP contribution in [0.1, 0.15) is 57.9 Å². The van der Waals surface area contributed by atoms with Crippen LogP contribution in [0.4, 0.5) is 0 Å². The third kappa shape index (κ3) is 4.41. The van der Waals surface area contributed by atoms with Crippen molar-refractivity contribution in [3.8, 4) is 5.75 Å². The van der Waals surface area contributed by atoms with Crippen LogP contribution in [0.2, 0.25) is 0 Å². The quantitative estimate of drug-likeness (QED) is 0.834. The van der Waals surface area contributed by atoms with E-state index < -0.39 is 5.41 Å². The van der Waals surface area contributed by atoms with Gasteiger partial charge in [0.15, 0.2) is 0 Å². The molecule has 2 unspecified atom stereocenters. The van der Waals surface area contributed by atoms with Crippen LogP contribution in [0.15, 0.2) is 22.6 Å². The van der Waals surface area contributed by atoms with Gasteiger partial charge in [-0.3, -0.25) is 9.59 Å². The molecule has 6 heteroatoms. The molecule has 158 valence electrons. The second-order valence-corrected chi connectivity index (χ2v) is 9.02. The first-order valence-electron chi connectivity index (χ1n) is 10.3. The molecule has 1 aliphatic rings. The topological polar surface area (TPSA) is 71.8 Å². The van der Waals surface area contributed by atoms with Crippen LogP contribution in [0, 0.1) is 18.3 Å². The summed E-state index contributed by atoms with van der Waals surface area (Å²) >= 11 is 0. The van der Waals surface area contributed by atoms with Gasteiger partial charge in [-0.1, -0.05) is 20.8 Å². The molecule has 1 aliphatic heterocycles. The van der Waals surface area contributed by atoms with Crippen molar-refractivity contribution in [3.05, 3.63) is 29.5 Å². The number of hydrogen-bond acceptors (Lipinski definition) is 4. The molecular weight excluding hydrogens is 368 g/mol. The predicted molar refractivity (Wildman–Crippen MR) is 113 cm³/mol. The van der Waals surface area contributed by atoms with Gasteiger partial charge in [0.2, 0.25) is 11.8 Å². The molecule has 6 nitrogen and oxygen atoms in total. The fourth-order valence-corrected chi connectivity index (χ4v) is 4.01. The van der Waals surface area contributed by atoms with Crippen LogP contribution in [0.25, 0.3) is 11.0 Å². The van der Waals surface area contributed by atoms with E-state index in [4.69, 9.17) is 9.15 Å².